The Bertz CT molecular complexity index is 567. The van der Waals surface area contributed by atoms with Crippen LogP contribution in [0.4, 0.5) is 5.13 Å². The Morgan fingerprint density at radius 2 is 2.44 bits per heavy atom. The maximum Gasteiger partial charge on any atom is 0.279 e. The van der Waals surface area contributed by atoms with Crippen LogP contribution in [0.25, 0.3) is 0 Å². The van der Waals surface area contributed by atoms with Crippen LogP contribution >= 0.6 is 11.3 Å². The van der Waals surface area contributed by atoms with E-state index in [0.717, 1.165) is 17.0 Å². The monoisotopic (exact) mass is 265 g/mol. The summed E-state index contributed by atoms with van der Waals surface area (Å²) in [6, 6.07) is 1.59. The summed E-state index contributed by atoms with van der Waals surface area (Å²) in [5.41, 5.74) is 1.27. The Kier molecular flexibility index (Phi) is 2.85. The van der Waals surface area contributed by atoms with Crippen molar-refractivity contribution in [3.63, 3.8) is 0 Å². The zero-order valence-electron chi connectivity index (χ0n) is 9.73. The SMILES string of the molecule is Cc1cc(C(=O)Nc2nc3c(s2)COCC3)no1. The van der Waals surface area contributed by atoms with Crippen molar-refractivity contribution in [1.29, 1.82) is 0 Å². The van der Waals surface area contributed by atoms with Crippen LogP contribution in [-0.2, 0) is 17.8 Å². The molecule has 0 atom stereocenters. The summed E-state index contributed by atoms with van der Waals surface area (Å²) in [7, 11) is 0. The molecule has 1 aliphatic rings. The van der Waals surface area contributed by atoms with Crippen LogP contribution in [-0.4, -0.2) is 22.7 Å². The van der Waals surface area contributed by atoms with E-state index in [9.17, 15) is 4.79 Å². The number of thiazole rings is 1. The van der Waals surface area contributed by atoms with Crippen LogP contribution in [0.5, 0.6) is 0 Å². The van der Waals surface area contributed by atoms with Crippen molar-refractivity contribution in [3.8, 4) is 0 Å². The van der Waals surface area contributed by atoms with Gasteiger partial charge in [0, 0.05) is 12.5 Å². The third kappa shape index (κ3) is 2.14. The Labute approximate surface area is 107 Å². The predicted molar refractivity (Wildman–Crippen MR) is 64.7 cm³/mol. The number of anilines is 1. The highest BCUT2D eigenvalue weighted by molar-refractivity contribution is 7.15. The molecule has 0 radical (unpaired) electrons. The fraction of sp³-hybridized carbons (Fsp3) is 0.364. The number of carbonyl (C=O) groups is 1. The zero-order valence-corrected chi connectivity index (χ0v) is 10.5. The van der Waals surface area contributed by atoms with Crippen LogP contribution in [0.2, 0.25) is 0 Å². The van der Waals surface area contributed by atoms with Crippen molar-refractivity contribution >= 4 is 22.4 Å². The molecular weight excluding hydrogens is 254 g/mol. The Balaban J connectivity index is 1.76. The number of amides is 1. The van der Waals surface area contributed by atoms with E-state index in [1.54, 1.807) is 13.0 Å². The quantitative estimate of drug-likeness (QED) is 0.895. The fourth-order valence-electron chi connectivity index (χ4n) is 1.71. The number of aryl methyl sites for hydroxylation is 1. The van der Waals surface area contributed by atoms with Crippen LogP contribution in [0, 0.1) is 6.92 Å². The molecule has 0 fully saturated rings. The summed E-state index contributed by atoms with van der Waals surface area (Å²) >= 11 is 1.44. The highest BCUT2D eigenvalue weighted by atomic mass is 32.1. The molecule has 0 unspecified atom stereocenters. The second-order valence-corrected chi connectivity index (χ2v) is 5.05. The van der Waals surface area contributed by atoms with Gasteiger partial charge in [0.1, 0.15) is 5.76 Å². The number of hydrogen-bond acceptors (Lipinski definition) is 6. The fourth-order valence-corrected chi connectivity index (χ4v) is 2.65. The van der Waals surface area contributed by atoms with Crippen LogP contribution in [0.15, 0.2) is 10.6 Å². The topological polar surface area (TPSA) is 77.2 Å². The van der Waals surface area contributed by atoms with Gasteiger partial charge >= 0.3 is 0 Å². The smallest absolute Gasteiger partial charge is 0.279 e. The Morgan fingerprint density at radius 3 is 3.17 bits per heavy atom. The number of carbonyl (C=O) groups excluding carboxylic acids is 1. The third-order valence-electron chi connectivity index (χ3n) is 2.58. The molecular formula is C11H11N3O3S. The van der Waals surface area contributed by atoms with Crippen LogP contribution < -0.4 is 5.32 Å². The van der Waals surface area contributed by atoms with Gasteiger partial charge in [0.15, 0.2) is 10.8 Å². The van der Waals surface area contributed by atoms with E-state index in [1.807, 2.05) is 0 Å². The molecule has 0 spiro atoms. The summed E-state index contributed by atoms with van der Waals surface area (Å²) < 4.78 is 10.2. The molecule has 6 nitrogen and oxygen atoms in total. The van der Waals surface area contributed by atoms with Gasteiger partial charge in [0.2, 0.25) is 0 Å². The van der Waals surface area contributed by atoms with Gasteiger partial charge in [-0.2, -0.15) is 0 Å². The summed E-state index contributed by atoms with van der Waals surface area (Å²) in [5, 5.41) is 6.96. The standard InChI is InChI=1S/C11H11N3O3S/c1-6-4-8(14-17-6)10(15)13-11-12-7-2-3-16-5-9(7)18-11/h4H,2-3,5H2,1H3,(H,12,13,15). The van der Waals surface area contributed by atoms with E-state index >= 15 is 0 Å². The number of ether oxygens (including phenoxy) is 1. The first kappa shape index (κ1) is 11.4. The highest BCUT2D eigenvalue weighted by Crippen LogP contribution is 2.27. The maximum absolute atomic E-state index is 11.8. The van der Waals surface area contributed by atoms with Gasteiger partial charge in [0.25, 0.3) is 5.91 Å². The first-order chi connectivity index (χ1) is 8.72. The Hall–Kier alpha value is -1.73. The minimum absolute atomic E-state index is 0.261. The molecule has 3 rings (SSSR count). The normalized spacial score (nSPS) is 14.3. The molecule has 1 N–H and O–H groups in total. The molecule has 3 heterocycles. The third-order valence-corrected chi connectivity index (χ3v) is 3.56. The first-order valence-corrected chi connectivity index (χ1v) is 6.35. The van der Waals surface area contributed by atoms with Crippen LogP contribution in [0.1, 0.15) is 26.8 Å². The molecule has 1 amide bonds. The lowest BCUT2D eigenvalue weighted by atomic mass is 10.2. The van der Waals surface area contributed by atoms with Gasteiger partial charge in [0.05, 0.1) is 23.8 Å². The van der Waals surface area contributed by atoms with Gasteiger partial charge in [-0.15, -0.1) is 0 Å². The lowest BCUT2D eigenvalue weighted by Crippen LogP contribution is -2.12. The molecule has 7 heteroatoms. The maximum atomic E-state index is 11.8. The minimum Gasteiger partial charge on any atom is -0.375 e. The van der Waals surface area contributed by atoms with E-state index in [-0.39, 0.29) is 11.6 Å². The molecule has 0 aliphatic carbocycles. The molecule has 2 aromatic heterocycles. The van der Waals surface area contributed by atoms with Gasteiger partial charge < -0.3 is 9.26 Å². The summed E-state index contributed by atoms with van der Waals surface area (Å²) in [6.07, 6.45) is 0.796. The number of aromatic nitrogens is 2. The molecule has 18 heavy (non-hydrogen) atoms. The number of nitrogens with one attached hydrogen (secondary N) is 1. The van der Waals surface area contributed by atoms with Crippen molar-refractivity contribution in [2.45, 2.75) is 20.0 Å². The van der Waals surface area contributed by atoms with E-state index in [0.29, 0.717) is 24.1 Å². The molecule has 94 valence electrons. The van der Waals surface area contributed by atoms with E-state index in [1.165, 1.54) is 11.3 Å². The predicted octanol–water partition coefficient (Wildman–Crippen LogP) is 1.76. The van der Waals surface area contributed by atoms with Crippen molar-refractivity contribution in [2.75, 3.05) is 11.9 Å². The van der Waals surface area contributed by atoms with Gasteiger partial charge in [-0.25, -0.2) is 4.98 Å². The van der Waals surface area contributed by atoms with Gasteiger partial charge in [-0.1, -0.05) is 16.5 Å². The summed E-state index contributed by atoms with van der Waals surface area (Å²) in [6.45, 7) is 3.00. The second-order valence-electron chi connectivity index (χ2n) is 3.97. The lowest BCUT2D eigenvalue weighted by molar-refractivity contribution is 0.101. The van der Waals surface area contributed by atoms with Crippen molar-refractivity contribution < 1.29 is 14.1 Å². The molecule has 0 saturated carbocycles. The molecule has 0 bridgehead atoms. The average Bonchev–Trinajstić information content (AvgIpc) is 2.94. The number of nitrogens with zero attached hydrogens (tertiary/aromatic N) is 2. The first-order valence-electron chi connectivity index (χ1n) is 5.53. The van der Waals surface area contributed by atoms with E-state index in [2.05, 4.69) is 15.5 Å². The van der Waals surface area contributed by atoms with Crippen molar-refractivity contribution in [1.82, 2.24) is 10.1 Å². The zero-order chi connectivity index (χ0) is 12.5. The van der Waals surface area contributed by atoms with Gasteiger partial charge in [-0.05, 0) is 6.92 Å². The van der Waals surface area contributed by atoms with E-state index in [4.69, 9.17) is 9.26 Å². The number of hydrogen-bond donors (Lipinski definition) is 1. The highest BCUT2D eigenvalue weighted by Gasteiger charge is 2.18. The largest absolute Gasteiger partial charge is 0.375 e. The Morgan fingerprint density at radius 1 is 1.56 bits per heavy atom. The van der Waals surface area contributed by atoms with Crippen molar-refractivity contribution in [2.24, 2.45) is 0 Å². The second kappa shape index (κ2) is 4.51. The molecule has 0 saturated heterocycles. The average molecular weight is 265 g/mol. The summed E-state index contributed by atoms with van der Waals surface area (Å²) in [4.78, 5) is 17.3. The molecule has 1 aliphatic heterocycles. The van der Waals surface area contributed by atoms with Crippen molar-refractivity contribution in [3.05, 3.63) is 28.1 Å². The number of fused-ring (bicyclic) bond motifs is 1. The summed E-state index contributed by atoms with van der Waals surface area (Å²) in [5.74, 6) is 0.297. The number of rotatable bonds is 2. The minimum atomic E-state index is -0.307. The van der Waals surface area contributed by atoms with Crippen LogP contribution in [0.3, 0.4) is 0 Å². The van der Waals surface area contributed by atoms with E-state index < -0.39 is 0 Å². The molecule has 0 aromatic carbocycles. The molecule has 2 aromatic rings. The lowest BCUT2D eigenvalue weighted by Gasteiger charge is -2.08. The van der Waals surface area contributed by atoms with Gasteiger partial charge in [-0.3, -0.25) is 10.1 Å².